The van der Waals surface area contributed by atoms with Crippen LogP contribution in [0.5, 0.6) is 0 Å². The van der Waals surface area contributed by atoms with Crippen molar-refractivity contribution in [3.8, 4) is 5.69 Å². The molecule has 0 saturated carbocycles. The maximum atomic E-state index is 12.5. The van der Waals surface area contributed by atoms with Gasteiger partial charge in [-0.25, -0.2) is 9.67 Å². The predicted octanol–water partition coefficient (Wildman–Crippen LogP) is 3.22. The fourth-order valence-electron chi connectivity index (χ4n) is 2.92. The summed E-state index contributed by atoms with van der Waals surface area (Å²) in [5.74, 6) is 1.40. The summed E-state index contributed by atoms with van der Waals surface area (Å²) in [6, 6.07) is 7.99. The summed E-state index contributed by atoms with van der Waals surface area (Å²) in [5, 5.41) is 7.38. The lowest BCUT2D eigenvalue weighted by Crippen LogP contribution is -2.41. The number of rotatable bonds is 7. The van der Waals surface area contributed by atoms with E-state index in [-0.39, 0.29) is 30.2 Å². The molecule has 0 spiro atoms. The molecule has 1 aromatic carbocycles. The summed E-state index contributed by atoms with van der Waals surface area (Å²) in [5.41, 5.74) is 7.89. The lowest BCUT2D eigenvalue weighted by molar-refractivity contribution is 0.0923. The Morgan fingerprint density at radius 2 is 1.88 bits per heavy atom. The van der Waals surface area contributed by atoms with Crippen LogP contribution in [0.4, 0.5) is 0 Å². The Bertz CT molecular complexity index is 726. The van der Waals surface area contributed by atoms with Crippen LogP contribution in [-0.4, -0.2) is 33.3 Å². The Labute approximate surface area is 162 Å². The molecule has 1 aromatic heterocycles. The number of amides is 1. The molecule has 0 bridgehead atoms. The number of hydrogen-bond acceptors (Lipinski definition) is 4. The minimum Gasteiger partial charge on any atom is -0.345 e. The monoisotopic (exact) mass is 379 g/mol. The molecule has 0 aliphatic rings. The maximum Gasteiger partial charge on any atom is 0.291 e. The molecule has 7 heteroatoms. The van der Waals surface area contributed by atoms with Gasteiger partial charge in [-0.15, -0.1) is 17.5 Å². The number of carbonyl (C=O) groups excluding carboxylic acids is 1. The van der Waals surface area contributed by atoms with Crippen molar-refractivity contribution in [2.45, 2.75) is 53.0 Å². The quantitative estimate of drug-likeness (QED) is 0.773. The van der Waals surface area contributed by atoms with Gasteiger partial charge in [-0.3, -0.25) is 4.79 Å². The summed E-state index contributed by atoms with van der Waals surface area (Å²) >= 11 is 0. The number of aromatic nitrogens is 3. The van der Waals surface area contributed by atoms with Gasteiger partial charge in [-0.2, -0.15) is 0 Å². The average molecular weight is 380 g/mol. The van der Waals surface area contributed by atoms with Crippen LogP contribution in [0.15, 0.2) is 24.3 Å². The summed E-state index contributed by atoms with van der Waals surface area (Å²) in [6.45, 7) is 10.7. The zero-order valence-electron chi connectivity index (χ0n) is 16.2. The second-order valence-corrected chi connectivity index (χ2v) is 7.14. The molecule has 144 valence electrons. The van der Waals surface area contributed by atoms with Crippen LogP contribution in [-0.2, 0) is 0 Å². The van der Waals surface area contributed by atoms with Crippen molar-refractivity contribution < 1.29 is 4.79 Å². The van der Waals surface area contributed by atoms with E-state index in [1.165, 1.54) is 5.56 Å². The first-order valence-electron chi connectivity index (χ1n) is 8.87. The van der Waals surface area contributed by atoms with Crippen molar-refractivity contribution in [2.75, 3.05) is 6.54 Å². The number of halogens is 1. The standard InChI is InChI=1S/C19H29N5O.ClH/c1-12(2)10-15(11-20)22-19(25)18-21-14(5)24(23-18)17-9-7-6-8-16(17)13(3)4;/h6-9,12-13,15H,10-11,20H2,1-5H3,(H,22,25);1H. The molecule has 0 aliphatic carbocycles. The summed E-state index contributed by atoms with van der Waals surface area (Å²) in [4.78, 5) is 16.9. The third kappa shape index (κ3) is 5.29. The largest absolute Gasteiger partial charge is 0.345 e. The molecule has 0 aliphatic heterocycles. The minimum absolute atomic E-state index is 0. The van der Waals surface area contributed by atoms with Crippen molar-refractivity contribution in [3.05, 3.63) is 41.5 Å². The van der Waals surface area contributed by atoms with E-state index < -0.39 is 0 Å². The van der Waals surface area contributed by atoms with Gasteiger partial charge in [0.15, 0.2) is 0 Å². The van der Waals surface area contributed by atoms with Crippen LogP contribution in [0.25, 0.3) is 5.69 Å². The second-order valence-electron chi connectivity index (χ2n) is 7.14. The van der Waals surface area contributed by atoms with E-state index >= 15 is 0 Å². The SMILES string of the molecule is Cc1nc(C(=O)NC(CN)CC(C)C)nn1-c1ccccc1C(C)C.Cl. The van der Waals surface area contributed by atoms with Crippen LogP contribution in [0.2, 0.25) is 0 Å². The van der Waals surface area contributed by atoms with Crippen LogP contribution < -0.4 is 11.1 Å². The molecule has 1 amide bonds. The van der Waals surface area contributed by atoms with E-state index in [1.54, 1.807) is 4.68 Å². The van der Waals surface area contributed by atoms with E-state index in [2.05, 4.69) is 49.2 Å². The lowest BCUT2D eigenvalue weighted by atomic mass is 10.0. The number of benzene rings is 1. The molecule has 1 atom stereocenters. The summed E-state index contributed by atoms with van der Waals surface area (Å²) < 4.78 is 1.74. The topological polar surface area (TPSA) is 85.8 Å². The first kappa shape index (κ1) is 22.1. The Kier molecular flexibility index (Phi) is 8.24. The maximum absolute atomic E-state index is 12.5. The number of carbonyl (C=O) groups is 1. The molecule has 2 aromatic rings. The molecule has 0 saturated heterocycles. The molecule has 3 N–H and O–H groups in total. The van der Waals surface area contributed by atoms with Crippen molar-refractivity contribution in [1.29, 1.82) is 0 Å². The number of hydrogen-bond donors (Lipinski definition) is 2. The van der Waals surface area contributed by atoms with Crippen LogP contribution in [0, 0.1) is 12.8 Å². The zero-order valence-corrected chi connectivity index (χ0v) is 17.0. The fourth-order valence-corrected chi connectivity index (χ4v) is 2.92. The van der Waals surface area contributed by atoms with E-state index in [9.17, 15) is 4.79 Å². The van der Waals surface area contributed by atoms with Crippen molar-refractivity contribution in [1.82, 2.24) is 20.1 Å². The predicted molar refractivity (Wildman–Crippen MR) is 107 cm³/mol. The van der Waals surface area contributed by atoms with Gasteiger partial charge in [0.2, 0.25) is 5.82 Å². The highest BCUT2D eigenvalue weighted by Gasteiger charge is 2.20. The molecule has 1 unspecified atom stereocenters. The highest BCUT2D eigenvalue weighted by atomic mass is 35.5. The molecule has 1 heterocycles. The van der Waals surface area contributed by atoms with Crippen molar-refractivity contribution >= 4 is 18.3 Å². The average Bonchev–Trinajstić information content (AvgIpc) is 2.95. The van der Waals surface area contributed by atoms with Gasteiger partial charge in [-0.05, 0) is 36.8 Å². The van der Waals surface area contributed by atoms with E-state index in [0.29, 0.717) is 24.2 Å². The highest BCUT2D eigenvalue weighted by molar-refractivity contribution is 5.90. The Hall–Kier alpha value is -1.92. The first-order chi connectivity index (χ1) is 11.8. The third-order valence-electron chi connectivity index (χ3n) is 4.13. The number of nitrogens with zero attached hydrogens (tertiary/aromatic N) is 3. The van der Waals surface area contributed by atoms with Gasteiger partial charge < -0.3 is 11.1 Å². The van der Waals surface area contributed by atoms with Gasteiger partial charge in [0.05, 0.1) is 5.69 Å². The lowest BCUT2D eigenvalue weighted by Gasteiger charge is -2.17. The second kappa shape index (κ2) is 9.69. The zero-order chi connectivity index (χ0) is 18.6. The molecule has 0 radical (unpaired) electrons. The molecular formula is C19H30ClN5O. The van der Waals surface area contributed by atoms with Crippen molar-refractivity contribution in [3.63, 3.8) is 0 Å². The van der Waals surface area contributed by atoms with Crippen LogP contribution in [0.1, 0.15) is 62.0 Å². The van der Waals surface area contributed by atoms with Crippen LogP contribution in [0.3, 0.4) is 0 Å². The van der Waals surface area contributed by atoms with Crippen LogP contribution >= 0.6 is 12.4 Å². The Balaban J connectivity index is 0.00000338. The Morgan fingerprint density at radius 1 is 1.23 bits per heavy atom. The molecule has 2 rings (SSSR count). The number of para-hydroxylation sites is 1. The first-order valence-corrected chi connectivity index (χ1v) is 8.87. The van der Waals surface area contributed by atoms with Crippen molar-refractivity contribution in [2.24, 2.45) is 11.7 Å². The van der Waals surface area contributed by atoms with E-state index in [4.69, 9.17) is 5.73 Å². The normalized spacial score (nSPS) is 12.2. The van der Waals surface area contributed by atoms with Gasteiger partial charge >= 0.3 is 0 Å². The highest BCUT2D eigenvalue weighted by Crippen LogP contribution is 2.23. The Morgan fingerprint density at radius 3 is 2.46 bits per heavy atom. The van der Waals surface area contributed by atoms with Gasteiger partial charge in [-0.1, -0.05) is 45.9 Å². The molecule has 6 nitrogen and oxygen atoms in total. The van der Waals surface area contributed by atoms with Gasteiger partial charge in [0, 0.05) is 12.6 Å². The molecule has 26 heavy (non-hydrogen) atoms. The number of nitrogens with one attached hydrogen (secondary N) is 1. The van der Waals surface area contributed by atoms with E-state index in [1.807, 2.05) is 25.1 Å². The minimum atomic E-state index is -0.278. The smallest absolute Gasteiger partial charge is 0.291 e. The van der Waals surface area contributed by atoms with Gasteiger partial charge in [0.25, 0.3) is 5.91 Å². The summed E-state index contributed by atoms with van der Waals surface area (Å²) in [6.07, 6.45) is 0.831. The third-order valence-corrected chi connectivity index (χ3v) is 4.13. The number of nitrogens with two attached hydrogens (primary N) is 1. The molecular weight excluding hydrogens is 350 g/mol. The number of aryl methyl sites for hydroxylation is 1. The molecule has 0 fully saturated rings. The summed E-state index contributed by atoms with van der Waals surface area (Å²) in [7, 11) is 0. The van der Waals surface area contributed by atoms with Gasteiger partial charge in [0.1, 0.15) is 5.82 Å². The fraction of sp³-hybridized carbons (Fsp3) is 0.526. The van der Waals surface area contributed by atoms with E-state index in [0.717, 1.165) is 12.1 Å².